The van der Waals surface area contributed by atoms with Crippen LogP contribution in [0.5, 0.6) is 5.75 Å². The van der Waals surface area contributed by atoms with Gasteiger partial charge in [0.15, 0.2) is 0 Å². The molecule has 0 aliphatic heterocycles. The van der Waals surface area contributed by atoms with Gasteiger partial charge < -0.3 is 4.74 Å². The Morgan fingerprint density at radius 2 is 1.78 bits per heavy atom. The summed E-state index contributed by atoms with van der Waals surface area (Å²) >= 11 is 1.23. The summed E-state index contributed by atoms with van der Waals surface area (Å²) in [4.78, 5) is 25.9. The predicted octanol–water partition coefficient (Wildman–Crippen LogP) is 3.41. The largest absolute Gasteiger partial charge is 0.497 e. The molecule has 0 saturated heterocycles. The highest BCUT2D eigenvalue weighted by Crippen LogP contribution is 2.19. The van der Waals surface area contributed by atoms with Crippen molar-refractivity contribution in [3.63, 3.8) is 0 Å². The van der Waals surface area contributed by atoms with E-state index in [0.717, 1.165) is 10.1 Å². The van der Waals surface area contributed by atoms with Crippen molar-refractivity contribution >= 4 is 21.6 Å². The number of halogens is 1. The number of hydrogen-bond donors (Lipinski definition) is 0. The molecule has 0 atom stereocenters. The minimum absolute atomic E-state index is 0.0497. The van der Waals surface area contributed by atoms with Crippen LogP contribution in [0.4, 0.5) is 4.39 Å². The number of methoxy groups -OCH3 is 1. The summed E-state index contributed by atoms with van der Waals surface area (Å²) in [5, 5.41) is 1.75. The fraction of sp³-hybridized carbons (Fsp3) is 0.100. The van der Waals surface area contributed by atoms with Crippen molar-refractivity contribution < 1.29 is 9.13 Å². The first kappa shape index (κ1) is 17.2. The summed E-state index contributed by atoms with van der Waals surface area (Å²) in [6.45, 7) is 0.255. The van der Waals surface area contributed by atoms with Crippen LogP contribution in [0.25, 0.3) is 15.9 Å². The Hall–Kier alpha value is -3.19. The predicted molar refractivity (Wildman–Crippen MR) is 104 cm³/mol. The topological polar surface area (TPSA) is 53.2 Å². The molecule has 0 aliphatic rings. The van der Waals surface area contributed by atoms with E-state index < -0.39 is 17.1 Å². The van der Waals surface area contributed by atoms with E-state index in [1.807, 2.05) is 12.1 Å². The summed E-state index contributed by atoms with van der Waals surface area (Å²) in [6, 6.07) is 14.8. The first-order valence-electron chi connectivity index (χ1n) is 8.21. The van der Waals surface area contributed by atoms with Gasteiger partial charge in [-0.25, -0.2) is 13.8 Å². The van der Waals surface area contributed by atoms with Crippen molar-refractivity contribution in [1.82, 2.24) is 9.13 Å². The van der Waals surface area contributed by atoms with Gasteiger partial charge in [-0.05, 0) is 41.3 Å². The Morgan fingerprint density at radius 1 is 1.04 bits per heavy atom. The molecule has 4 rings (SSSR count). The van der Waals surface area contributed by atoms with E-state index in [2.05, 4.69) is 0 Å². The number of hydrogen-bond acceptors (Lipinski definition) is 4. The summed E-state index contributed by atoms with van der Waals surface area (Å²) in [5.41, 5.74) is 0.265. The maximum absolute atomic E-state index is 14.3. The minimum Gasteiger partial charge on any atom is -0.497 e. The summed E-state index contributed by atoms with van der Waals surface area (Å²) in [6.07, 6.45) is 0. The van der Waals surface area contributed by atoms with E-state index in [0.29, 0.717) is 16.0 Å². The van der Waals surface area contributed by atoms with Gasteiger partial charge in [0.25, 0.3) is 5.56 Å². The van der Waals surface area contributed by atoms with Gasteiger partial charge in [-0.2, -0.15) is 0 Å². The lowest BCUT2D eigenvalue weighted by molar-refractivity contribution is 0.414. The van der Waals surface area contributed by atoms with Gasteiger partial charge in [-0.1, -0.05) is 24.3 Å². The molecule has 0 spiro atoms. The average molecular weight is 382 g/mol. The number of aromatic nitrogens is 2. The van der Waals surface area contributed by atoms with E-state index in [4.69, 9.17) is 4.74 Å². The summed E-state index contributed by atoms with van der Waals surface area (Å²) < 4.78 is 22.2. The molecule has 0 N–H and O–H groups in total. The number of benzene rings is 2. The Morgan fingerprint density at radius 3 is 2.48 bits per heavy atom. The van der Waals surface area contributed by atoms with E-state index in [1.165, 1.54) is 34.1 Å². The quantitative estimate of drug-likeness (QED) is 0.544. The molecule has 0 radical (unpaired) electrons. The first-order chi connectivity index (χ1) is 13.1. The molecule has 4 aromatic rings. The molecule has 2 aromatic carbocycles. The molecule has 0 aliphatic carbocycles. The minimum atomic E-state index is -0.622. The van der Waals surface area contributed by atoms with Crippen LogP contribution in [0.1, 0.15) is 5.56 Å². The second kappa shape index (κ2) is 6.85. The van der Waals surface area contributed by atoms with Gasteiger partial charge in [0, 0.05) is 0 Å². The molecule has 7 heteroatoms. The van der Waals surface area contributed by atoms with Crippen molar-refractivity contribution in [1.29, 1.82) is 0 Å². The molecule has 5 nitrogen and oxygen atoms in total. The van der Waals surface area contributed by atoms with Crippen molar-refractivity contribution in [2.24, 2.45) is 0 Å². The lowest BCUT2D eigenvalue weighted by atomic mass is 10.2. The number of ether oxygens (including phenoxy) is 1. The standard InChI is InChI=1S/C20H15FN2O3S/c1-26-14-8-6-13(7-9-14)12-22-17-10-11-27-18(17)19(24)23(20(22)25)16-5-3-2-4-15(16)21/h2-11H,12H2,1H3. The van der Waals surface area contributed by atoms with Gasteiger partial charge in [0.05, 0.1) is 24.9 Å². The molecular formula is C20H15FN2O3S. The Bertz CT molecular complexity index is 1240. The number of fused-ring (bicyclic) bond motifs is 1. The van der Waals surface area contributed by atoms with Gasteiger partial charge in [0.2, 0.25) is 0 Å². The molecule has 2 heterocycles. The highest BCUT2D eigenvalue weighted by molar-refractivity contribution is 7.17. The van der Waals surface area contributed by atoms with Crippen molar-refractivity contribution in [2.75, 3.05) is 7.11 Å². The van der Waals surface area contributed by atoms with Gasteiger partial charge in [-0.15, -0.1) is 11.3 Å². The van der Waals surface area contributed by atoms with E-state index in [9.17, 15) is 14.0 Å². The van der Waals surface area contributed by atoms with Crippen LogP contribution in [-0.4, -0.2) is 16.2 Å². The zero-order valence-electron chi connectivity index (χ0n) is 14.4. The molecule has 0 fully saturated rings. The van der Waals surface area contributed by atoms with Crippen LogP contribution in [0.2, 0.25) is 0 Å². The van der Waals surface area contributed by atoms with Crippen LogP contribution in [-0.2, 0) is 6.54 Å². The van der Waals surface area contributed by atoms with Crippen LogP contribution >= 0.6 is 11.3 Å². The molecular weight excluding hydrogens is 367 g/mol. The van der Waals surface area contributed by atoms with E-state index >= 15 is 0 Å². The summed E-state index contributed by atoms with van der Waals surface area (Å²) in [7, 11) is 1.58. The molecule has 0 bridgehead atoms. The second-order valence-corrected chi connectivity index (χ2v) is 6.86. The van der Waals surface area contributed by atoms with Gasteiger partial charge in [0.1, 0.15) is 16.3 Å². The fourth-order valence-electron chi connectivity index (χ4n) is 3.00. The van der Waals surface area contributed by atoms with E-state index in [1.54, 1.807) is 36.8 Å². The molecule has 2 aromatic heterocycles. The monoisotopic (exact) mass is 382 g/mol. The molecule has 0 saturated carbocycles. The third kappa shape index (κ3) is 2.96. The SMILES string of the molecule is COc1ccc(Cn2c(=O)n(-c3ccccc3F)c(=O)c3sccc32)cc1. The van der Waals surface area contributed by atoms with Crippen LogP contribution in [0, 0.1) is 5.82 Å². The highest BCUT2D eigenvalue weighted by atomic mass is 32.1. The average Bonchev–Trinajstić information content (AvgIpc) is 3.17. The van der Waals surface area contributed by atoms with Gasteiger partial charge >= 0.3 is 5.69 Å². The fourth-order valence-corrected chi connectivity index (χ4v) is 3.82. The van der Waals surface area contributed by atoms with Crippen molar-refractivity contribution in [3.8, 4) is 11.4 Å². The van der Waals surface area contributed by atoms with Crippen molar-refractivity contribution in [2.45, 2.75) is 6.54 Å². The maximum Gasteiger partial charge on any atom is 0.336 e. The summed E-state index contributed by atoms with van der Waals surface area (Å²) in [5.74, 6) is 0.0895. The van der Waals surface area contributed by atoms with Crippen molar-refractivity contribution in [3.05, 3.63) is 92.2 Å². The van der Waals surface area contributed by atoms with Crippen LogP contribution in [0.3, 0.4) is 0 Å². The number of thiophene rings is 1. The van der Waals surface area contributed by atoms with Crippen LogP contribution < -0.4 is 16.0 Å². The highest BCUT2D eigenvalue weighted by Gasteiger charge is 2.17. The van der Waals surface area contributed by atoms with Crippen LogP contribution in [0.15, 0.2) is 69.6 Å². The van der Waals surface area contributed by atoms with Gasteiger partial charge in [-0.3, -0.25) is 9.36 Å². The molecule has 27 heavy (non-hydrogen) atoms. The Labute approximate surface area is 157 Å². The normalized spacial score (nSPS) is 11.0. The second-order valence-electron chi connectivity index (χ2n) is 5.94. The molecule has 136 valence electrons. The molecule has 0 amide bonds. The Balaban J connectivity index is 1.95. The smallest absolute Gasteiger partial charge is 0.336 e. The zero-order chi connectivity index (χ0) is 19.0. The zero-order valence-corrected chi connectivity index (χ0v) is 15.2. The third-order valence-corrected chi connectivity index (χ3v) is 5.24. The lowest BCUT2D eigenvalue weighted by Crippen LogP contribution is -2.39. The van der Waals surface area contributed by atoms with E-state index in [-0.39, 0.29) is 12.2 Å². The number of rotatable bonds is 4. The molecule has 0 unspecified atom stereocenters. The lowest BCUT2D eigenvalue weighted by Gasteiger charge is -2.13. The number of para-hydroxylation sites is 1. The Kier molecular flexibility index (Phi) is 4.37. The first-order valence-corrected chi connectivity index (χ1v) is 9.09. The third-order valence-electron chi connectivity index (χ3n) is 4.35. The maximum atomic E-state index is 14.3. The number of nitrogens with zero attached hydrogens (tertiary/aromatic N) is 2.